The minimum atomic E-state index is -1.07. The van der Waals surface area contributed by atoms with Crippen LogP contribution in [0.2, 0.25) is 0 Å². The highest BCUT2D eigenvalue weighted by atomic mass is 16.6. The first kappa shape index (κ1) is 22.9. The Hall–Kier alpha value is -4.73. The summed E-state index contributed by atoms with van der Waals surface area (Å²) >= 11 is 0. The molecule has 3 aromatic carbocycles. The van der Waals surface area contributed by atoms with E-state index in [9.17, 15) is 19.7 Å². The molecule has 0 heterocycles. The van der Waals surface area contributed by atoms with Gasteiger partial charge in [0.2, 0.25) is 5.96 Å². The van der Waals surface area contributed by atoms with Crippen LogP contribution in [0.4, 0.5) is 21.0 Å². The molecule has 10 heteroatoms. The summed E-state index contributed by atoms with van der Waals surface area (Å²) in [4.78, 5) is 40.1. The number of anilines is 1. The number of nitro benzene ring substituents is 1. The fraction of sp³-hybridized carbons (Fsp3) is 0.0870. The summed E-state index contributed by atoms with van der Waals surface area (Å²) in [6.45, 7) is -0.192. The predicted octanol–water partition coefficient (Wildman–Crippen LogP) is 4.39. The lowest BCUT2D eigenvalue weighted by atomic mass is 10.2. The van der Waals surface area contributed by atoms with Crippen LogP contribution in [0.1, 0.15) is 11.1 Å². The highest BCUT2D eigenvalue weighted by molar-refractivity contribution is 6.16. The summed E-state index contributed by atoms with van der Waals surface area (Å²) in [5.74, 6) is -0.638. The first-order valence-electron chi connectivity index (χ1n) is 9.75. The quantitative estimate of drug-likeness (QED) is 0.255. The van der Waals surface area contributed by atoms with Crippen molar-refractivity contribution >= 4 is 29.5 Å². The van der Waals surface area contributed by atoms with Crippen LogP contribution in [0.5, 0.6) is 0 Å². The smallest absolute Gasteiger partial charge is 0.437 e. The van der Waals surface area contributed by atoms with Crippen molar-refractivity contribution in [3.63, 3.8) is 0 Å². The van der Waals surface area contributed by atoms with Crippen LogP contribution >= 0.6 is 0 Å². The lowest BCUT2D eigenvalue weighted by Gasteiger charge is -2.20. The van der Waals surface area contributed by atoms with Gasteiger partial charge in [-0.25, -0.2) is 14.5 Å². The number of ether oxygens (including phenoxy) is 2. The maximum Gasteiger partial charge on any atom is 0.437 e. The first-order valence-corrected chi connectivity index (χ1v) is 9.75. The standard InChI is InChI=1S/C23H20N4O6/c24-21(25-22(28)32-15-17-9-3-1-4-10-17)26(19-13-7-8-14-20(19)27(30)31)23(29)33-16-18-11-5-2-6-12-18/h1-14H,15-16H2,(H2,24,25,28). The Morgan fingerprint density at radius 1 is 0.848 bits per heavy atom. The van der Waals surface area contributed by atoms with Gasteiger partial charge in [-0.3, -0.25) is 10.1 Å². The van der Waals surface area contributed by atoms with E-state index < -0.39 is 28.8 Å². The van der Waals surface area contributed by atoms with Crippen molar-refractivity contribution in [3.8, 4) is 0 Å². The molecule has 0 unspecified atom stereocenters. The second kappa shape index (κ2) is 11.0. The van der Waals surface area contributed by atoms with Gasteiger partial charge >= 0.3 is 12.2 Å². The zero-order valence-electron chi connectivity index (χ0n) is 17.4. The average molecular weight is 448 g/mol. The minimum absolute atomic E-state index is 0.0691. The number of nitro groups is 1. The number of amides is 2. The van der Waals surface area contributed by atoms with Gasteiger partial charge in [-0.15, -0.1) is 4.99 Å². The van der Waals surface area contributed by atoms with Gasteiger partial charge in [-0.1, -0.05) is 72.8 Å². The molecule has 0 saturated heterocycles. The van der Waals surface area contributed by atoms with Gasteiger partial charge in [0.15, 0.2) is 0 Å². The number of rotatable bonds is 6. The maximum absolute atomic E-state index is 12.9. The summed E-state index contributed by atoms with van der Waals surface area (Å²) in [5, 5.41) is 11.5. The SMILES string of the molecule is N/C(=N\C(=O)OCc1ccccc1)N(C(=O)OCc1ccccc1)c1ccccc1[N+](=O)[O-]. The molecule has 33 heavy (non-hydrogen) atoms. The molecular formula is C23H20N4O6. The van der Waals surface area contributed by atoms with Gasteiger partial charge in [0, 0.05) is 6.07 Å². The number of nitrogens with two attached hydrogens (primary N) is 1. The zero-order valence-corrected chi connectivity index (χ0v) is 17.4. The van der Waals surface area contributed by atoms with Crippen molar-refractivity contribution in [1.82, 2.24) is 0 Å². The Labute approximate surface area is 189 Å². The number of aliphatic imine (C=N–C) groups is 1. The van der Waals surface area contributed by atoms with Gasteiger partial charge in [0.25, 0.3) is 5.69 Å². The Balaban J connectivity index is 1.84. The molecule has 2 N–H and O–H groups in total. The van der Waals surface area contributed by atoms with Gasteiger partial charge in [0.1, 0.15) is 18.9 Å². The van der Waals surface area contributed by atoms with Crippen molar-refractivity contribution in [2.75, 3.05) is 4.90 Å². The van der Waals surface area contributed by atoms with Crippen LogP contribution < -0.4 is 10.6 Å². The fourth-order valence-corrected chi connectivity index (χ4v) is 2.80. The van der Waals surface area contributed by atoms with Crippen LogP contribution in [-0.2, 0) is 22.7 Å². The van der Waals surface area contributed by atoms with E-state index in [1.54, 1.807) is 54.6 Å². The van der Waals surface area contributed by atoms with Gasteiger partial charge in [0.05, 0.1) is 4.92 Å². The molecule has 0 aliphatic rings. The molecule has 0 aromatic heterocycles. The number of benzene rings is 3. The van der Waals surface area contributed by atoms with E-state index in [1.807, 2.05) is 6.07 Å². The van der Waals surface area contributed by atoms with Crippen LogP contribution in [-0.4, -0.2) is 23.1 Å². The van der Waals surface area contributed by atoms with E-state index in [4.69, 9.17) is 15.2 Å². The summed E-state index contributed by atoms with van der Waals surface area (Å²) in [5.41, 5.74) is 6.68. The fourth-order valence-electron chi connectivity index (χ4n) is 2.80. The van der Waals surface area contributed by atoms with Crippen molar-refractivity contribution < 1.29 is 24.0 Å². The predicted molar refractivity (Wildman–Crippen MR) is 120 cm³/mol. The van der Waals surface area contributed by atoms with Crippen molar-refractivity contribution in [3.05, 3.63) is 106 Å². The molecule has 0 fully saturated rings. The lowest BCUT2D eigenvalue weighted by molar-refractivity contribution is -0.384. The molecule has 0 aliphatic heterocycles. The van der Waals surface area contributed by atoms with Crippen molar-refractivity contribution in [2.45, 2.75) is 13.2 Å². The second-order valence-electron chi connectivity index (χ2n) is 6.63. The van der Waals surface area contributed by atoms with Crippen molar-refractivity contribution in [2.24, 2.45) is 10.7 Å². The Kier molecular flexibility index (Phi) is 7.68. The highest BCUT2D eigenvalue weighted by Crippen LogP contribution is 2.28. The third-order valence-corrected chi connectivity index (χ3v) is 4.35. The largest absolute Gasteiger partial charge is 0.444 e. The molecule has 0 aliphatic carbocycles. The molecule has 0 saturated carbocycles. The lowest BCUT2D eigenvalue weighted by Crippen LogP contribution is -2.43. The molecule has 0 bridgehead atoms. The number of guanidine groups is 1. The van der Waals surface area contributed by atoms with E-state index in [1.165, 1.54) is 24.3 Å². The maximum atomic E-state index is 12.9. The number of carbonyl (C=O) groups is 2. The number of carbonyl (C=O) groups excluding carboxylic acids is 2. The Morgan fingerprint density at radius 3 is 1.94 bits per heavy atom. The molecule has 168 valence electrons. The molecule has 2 amide bonds. The Morgan fingerprint density at radius 2 is 1.36 bits per heavy atom. The van der Waals surface area contributed by atoms with Crippen LogP contribution in [0, 0.1) is 10.1 Å². The monoisotopic (exact) mass is 448 g/mol. The minimum Gasteiger partial charge on any atom is -0.444 e. The summed E-state index contributed by atoms with van der Waals surface area (Å²) in [6, 6.07) is 23.1. The van der Waals surface area contributed by atoms with Crippen LogP contribution in [0.3, 0.4) is 0 Å². The molecule has 0 atom stereocenters. The number of hydrogen-bond acceptors (Lipinski definition) is 6. The van der Waals surface area contributed by atoms with E-state index in [2.05, 4.69) is 4.99 Å². The van der Waals surface area contributed by atoms with Gasteiger partial charge in [-0.2, -0.15) is 0 Å². The average Bonchev–Trinajstić information content (AvgIpc) is 2.83. The molecule has 3 aromatic rings. The molecule has 0 spiro atoms. The molecule has 10 nitrogen and oxygen atoms in total. The van der Waals surface area contributed by atoms with Crippen LogP contribution in [0.25, 0.3) is 0 Å². The third-order valence-electron chi connectivity index (χ3n) is 4.35. The third kappa shape index (κ3) is 6.37. The van der Waals surface area contributed by atoms with E-state index in [-0.39, 0.29) is 18.9 Å². The first-order chi connectivity index (χ1) is 16.0. The normalized spacial score (nSPS) is 10.8. The molecule has 3 rings (SSSR count). The van der Waals surface area contributed by atoms with E-state index in [0.717, 1.165) is 5.56 Å². The van der Waals surface area contributed by atoms with E-state index >= 15 is 0 Å². The highest BCUT2D eigenvalue weighted by Gasteiger charge is 2.29. The van der Waals surface area contributed by atoms with Gasteiger partial charge < -0.3 is 15.2 Å². The summed E-state index contributed by atoms with van der Waals surface area (Å²) in [7, 11) is 0. The summed E-state index contributed by atoms with van der Waals surface area (Å²) in [6.07, 6.45) is -2.12. The van der Waals surface area contributed by atoms with E-state index in [0.29, 0.717) is 10.5 Å². The second-order valence-corrected chi connectivity index (χ2v) is 6.63. The molecular weight excluding hydrogens is 428 g/mol. The topological polar surface area (TPSA) is 137 Å². The zero-order chi connectivity index (χ0) is 23.6. The number of nitrogens with zero attached hydrogens (tertiary/aromatic N) is 3. The van der Waals surface area contributed by atoms with Crippen LogP contribution in [0.15, 0.2) is 89.9 Å². The molecule has 0 radical (unpaired) electrons. The number of para-hydroxylation sites is 2. The van der Waals surface area contributed by atoms with Gasteiger partial charge in [-0.05, 0) is 17.2 Å². The van der Waals surface area contributed by atoms with Crippen molar-refractivity contribution in [1.29, 1.82) is 0 Å². The Bertz CT molecular complexity index is 1150. The summed E-state index contributed by atoms with van der Waals surface area (Å²) < 4.78 is 10.3. The number of hydrogen-bond donors (Lipinski definition) is 1.